The molecule has 0 radical (unpaired) electrons. The molecule has 17 heavy (non-hydrogen) atoms. The van der Waals surface area contributed by atoms with Crippen LogP contribution in [0.25, 0.3) is 0 Å². The highest BCUT2D eigenvalue weighted by Gasteiger charge is 2.08. The average molecular weight is 253 g/mol. The number of hydrogen-bond donors (Lipinski definition) is 1. The van der Waals surface area contributed by atoms with Crippen molar-refractivity contribution in [2.45, 2.75) is 19.6 Å². The second kappa shape index (κ2) is 4.80. The SMILES string of the molecule is C[C@H](O)c1ccn(Cc2nsc(N(C)C)n2)n1. The van der Waals surface area contributed by atoms with E-state index in [2.05, 4.69) is 14.5 Å². The third kappa shape index (κ3) is 2.80. The second-order valence-corrected chi connectivity index (χ2v) is 4.73. The van der Waals surface area contributed by atoms with Crippen molar-refractivity contribution in [3.63, 3.8) is 0 Å². The van der Waals surface area contributed by atoms with Crippen LogP contribution in [0.15, 0.2) is 12.3 Å². The molecule has 0 aliphatic rings. The zero-order chi connectivity index (χ0) is 12.4. The van der Waals surface area contributed by atoms with Crippen molar-refractivity contribution in [3.8, 4) is 0 Å². The number of rotatable bonds is 4. The molecule has 7 heteroatoms. The van der Waals surface area contributed by atoms with Gasteiger partial charge in [0.2, 0.25) is 5.13 Å². The minimum absolute atomic E-state index is 0.525. The van der Waals surface area contributed by atoms with Gasteiger partial charge in [-0.05, 0) is 13.0 Å². The molecule has 2 rings (SSSR count). The van der Waals surface area contributed by atoms with Crippen molar-refractivity contribution in [2.75, 3.05) is 19.0 Å². The normalized spacial score (nSPS) is 12.7. The smallest absolute Gasteiger partial charge is 0.204 e. The van der Waals surface area contributed by atoms with Crippen LogP contribution in [0.3, 0.4) is 0 Å². The van der Waals surface area contributed by atoms with Gasteiger partial charge in [0.25, 0.3) is 0 Å². The Morgan fingerprint density at radius 1 is 1.53 bits per heavy atom. The second-order valence-electron chi connectivity index (χ2n) is 4.00. The molecule has 0 aliphatic heterocycles. The summed E-state index contributed by atoms with van der Waals surface area (Å²) in [6.07, 6.45) is 1.27. The average Bonchev–Trinajstić information content (AvgIpc) is 2.87. The minimum atomic E-state index is -0.544. The molecule has 1 N–H and O–H groups in total. The number of aliphatic hydroxyl groups is 1. The van der Waals surface area contributed by atoms with Crippen LogP contribution >= 0.6 is 11.5 Å². The molecule has 2 heterocycles. The van der Waals surface area contributed by atoms with Crippen molar-refractivity contribution >= 4 is 16.7 Å². The lowest BCUT2D eigenvalue weighted by atomic mass is 10.3. The first-order valence-corrected chi connectivity index (χ1v) is 6.05. The monoisotopic (exact) mass is 253 g/mol. The molecule has 0 bridgehead atoms. The highest BCUT2D eigenvalue weighted by atomic mass is 32.1. The first-order valence-electron chi connectivity index (χ1n) is 5.27. The lowest BCUT2D eigenvalue weighted by molar-refractivity contribution is 0.193. The van der Waals surface area contributed by atoms with E-state index in [1.807, 2.05) is 25.2 Å². The van der Waals surface area contributed by atoms with Crippen LogP contribution in [0.4, 0.5) is 5.13 Å². The predicted octanol–water partition coefficient (Wildman–Crippen LogP) is 0.902. The number of aromatic nitrogens is 4. The van der Waals surface area contributed by atoms with Crippen molar-refractivity contribution in [2.24, 2.45) is 0 Å². The lowest BCUT2D eigenvalue weighted by Crippen LogP contribution is -2.09. The molecule has 2 aromatic heterocycles. The maximum Gasteiger partial charge on any atom is 0.204 e. The molecular formula is C10H15N5OS. The van der Waals surface area contributed by atoms with E-state index in [9.17, 15) is 5.11 Å². The fraction of sp³-hybridized carbons (Fsp3) is 0.500. The minimum Gasteiger partial charge on any atom is -0.387 e. The summed E-state index contributed by atoms with van der Waals surface area (Å²) in [6, 6.07) is 1.80. The van der Waals surface area contributed by atoms with E-state index in [1.54, 1.807) is 17.7 Å². The molecule has 92 valence electrons. The first-order chi connectivity index (χ1) is 8.06. The molecule has 0 unspecified atom stereocenters. The summed E-state index contributed by atoms with van der Waals surface area (Å²) in [7, 11) is 3.87. The lowest BCUT2D eigenvalue weighted by Gasteiger charge is -2.04. The third-order valence-corrected chi connectivity index (χ3v) is 3.15. The molecular weight excluding hydrogens is 238 g/mol. The van der Waals surface area contributed by atoms with E-state index in [-0.39, 0.29) is 0 Å². The van der Waals surface area contributed by atoms with Crippen molar-refractivity contribution in [3.05, 3.63) is 23.8 Å². The molecule has 0 saturated carbocycles. The Kier molecular flexibility index (Phi) is 3.39. The Morgan fingerprint density at radius 2 is 2.29 bits per heavy atom. The highest BCUT2D eigenvalue weighted by Crippen LogP contribution is 2.15. The van der Waals surface area contributed by atoms with E-state index in [0.717, 1.165) is 11.0 Å². The summed E-state index contributed by atoms with van der Waals surface area (Å²) in [5.74, 6) is 0.735. The van der Waals surface area contributed by atoms with Crippen LogP contribution in [-0.2, 0) is 6.54 Å². The maximum absolute atomic E-state index is 9.37. The van der Waals surface area contributed by atoms with Gasteiger partial charge >= 0.3 is 0 Å². The summed E-state index contributed by atoms with van der Waals surface area (Å²) >= 11 is 1.36. The van der Waals surface area contributed by atoms with Crippen LogP contribution in [-0.4, -0.2) is 38.3 Å². The Labute approximate surface area is 104 Å². The fourth-order valence-corrected chi connectivity index (χ4v) is 1.92. The first kappa shape index (κ1) is 12.0. The zero-order valence-electron chi connectivity index (χ0n) is 10.0. The zero-order valence-corrected chi connectivity index (χ0v) is 10.8. The Bertz CT molecular complexity index is 446. The van der Waals surface area contributed by atoms with Crippen LogP contribution in [0, 0.1) is 0 Å². The number of anilines is 1. The molecule has 0 aromatic carbocycles. The van der Waals surface area contributed by atoms with Crippen LogP contribution in [0.2, 0.25) is 0 Å². The fourth-order valence-electron chi connectivity index (χ4n) is 1.32. The third-order valence-electron chi connectivity index (χ3n) is 2.23. The van der Waals surface area contributed by atoms with Crippen LogP contribution in [0.5, 0.6) is 0 Å². The quantitative estimate of drug-likeness (QED) is 0.877. The summed E-state index contributed by atoms with van der Waals surface area (Å²) in [6.45, 7) is 2.22. The molecule has 0 aliphatic carbocycles. The van der Waals surface area contributed by atoms with Gasteiger partial charge in [0.05, 0.1) is 11.8 Å². The molecule has 6 nitrogen and oxygen atoms in total. The Balaban J connectivity index is 2.08. The van der Waals surface area contributed by atoms with Crippen molar-refractivity contribution in [1.29, 1.82) is 0 Å². The van der Waals surface area contributed by atoms with Gasteiger partial charge in [-0.1, -0.05) is 0 Å². The van der Waals surface area contributed by atoms with Gasteiger partial charge in [-0.25, -0.2) is 4.98 Å². The van der Waals surface area contributed by atoms with E-state index in [1.165, 1.54) is 11.5 Å². The number of nitrogens with zero attached hydrogens (tertiary/aromatic N) is 5. The summed E-state index contributed by atoms with van der Waals surface area (Å²) in [4.78, 5) is 6.29. The molecule has 2 aromatic rings. The van der Waals surface area contributed by atoms with Gasteiger partial charge < -0.3 is 10.0 Å². The van der Waals surface area contributed by atoms with Crippen molar-refractivity contribution in [1.82, 2.24) is 19.1 Å². The summed E-state index contributed by atoms with van der Waals surface area (Å²) in [5.41, 5.74) is 0.660. The number of aliphatic hydroxyl groups excluding tert-OH is 1. The van der Waals surface area contributed by atoms with Gasteiger partial charge in [-0.2, -0.15) is 9.47 Å². The van der Waals surface area contributed by atoms with Crippen molar-refractivity contribution < 1.29 is 5.11 Å². The Hall–Kier alpha value is -1.47. The van der Waals surface area contributed by atoms with Gasteiger partial charge in [0.1, 0.15) is 6.54 Å². The van der Waals surface area contributed by atoms with E-state index in [4.69, 9.17) is 0 Å². The van der Waals surface area contributed by atoms with Crippen LogP contribution in [0.1, 0.15) is 24.5 Å². The summed E-state index contributed by atoms with van der Waals surface area (Å²) in [5, 5.41) is 14.5. The highest BCUT2D eigenvalue weighted by molar-refractivity contribution is 7.09. The van der Waals surface area contributed by atoms with E-state index in [0.29, 0.717) is 12.2 Å². The van der Waals surface area contributed by atoms with E-state index < -0.39 is 6.10 Å². The van der Waals surface area contributed by atoms with Gasteiger partial charge in [-0.3, -0.25) is 4.68 Å². The van der Waals surface area contributed by atoms with Gasteiger partial charge in [0, 0.05) is 31.8 Å². The topological polar surface area (TPSA) is 67.1 Å². The maximum atomic E-state index is 9.37. The van der Waals surface area contributed by atoms with Gasteiger partial charge in [0.15, 0.2) is 5.82 Å². The summed E-state index contributed by atoms with van der Waals surface area (Å²) < 4.78 is 5.98. The molecule has 0 saturated heterocycles. The number of hydrogen-bond acceptors (Lipinski definition) is 6. The molecule has 0 amide bonds. The Morgan fingerprint density at radius 3 is 2.82 bits per heavy atom. The molecule has 0 fully saturated rings. The predicted molar refractivity (Wildman–Crippen MR) is 66.2 cm³/mol. The van der Waals surface area contributed by atoms with E-state index >= 15 is 0 Å². The molecule has 0 spiro atoms. The van der Waals surface area contributed by atoms with Crippen LogP contribution < -0.4 is 4.90 Å². The van der Waals surface area contributed by atoms with Gasteiger partial charge in [-0.15, -0.1) is 0 Å². The standard InChI is InChI=1S/C10H15N5OS/c1-7(16)8-4-5-15(12-8)6-9-11-10(14(2)3)17-13-9/h4-5,7,16H,6H2,1-3H3/t7-/m0/s1. The molecule has 1 atom stereocenters. The largest absolute Gasteiger partial charge is 0.387 e.